The first kappa shape index (κ1) is 16.7. The Balaban J connectivity index is 1.45. The molecule has 5 heteroatoms. The molecule has 28 heavy (non-hydrogen) atoms. The van der Waals surface area contributed by atoms with E-state index in [1.807, 2.05) is 54.6 Å². The maximum absolute atomic E-state index is 5.20. The summed E-state index contributed by atoms with van der Waals surface area (Å²) in [5, 5.41) is 0.979. The van der Waals surface area contributed by atoms with Crippen molar-refractivity contribution in [1.29, 1.82) is 0 Å². The van der Waals surface area contributed by atoms with Crippen molar-refractivity contribution in [1.82, 2.24) is 15.0 Å². The van der Waals surface area contributed by atoms with Gasteiger partial charge in [-0.3, -0.25) is 0 Å². The number of aromatic nitrogens is 3. The quantitative estimate of drug-likeness (QED) is 0.413. The van der Waals surface area contributed by atoms with Crippen molar-refractivity contribution in [2.24, 2.45) is 0 Å². The van der Waals surface area contributed by atoms with E-state index in [9.17, 15) is 0 Å². The van der Waals surface area contributed by atoms with E-state index >= 15 is 0 Å². The molecule has 5 aromatic rings. The number of aromatic amines is 1. The second kappa shape index (κ2) is 6.94. The Morgan fingerprint density at radius 1 is 0.893 bits per heavy atom. The summed E-state index contributed by atoms with van der Waals surface area (Å²) in [6.45, 7) is 0. The van der Waals surface area contributed by atoms with Gasteiger partial charge < -0.3 is 9.72 Å². The molecule has 0 bridgehead atoms. The number of fused-ring (bicyclic) bond motifs is 2. The highest BCUT2D eigenvalue weighted by Crippen LogP contribution is 2.28. The van der Waals surface area contributed by atoms with Crippen molar-refractivity contribution >= 4 is 44.7 Å². The first-order valence-electron chi connectivity index (χ1n) is 8.96. The number of ether oxygens (including phenoxy) is 1. The lowest BCUT2D eigenvalue weighted by Gasteiger charge is -1.98. The van der Waals surface area contributed by atoms with Gasteiger partial charge in [-0.1, -0.05) is 30.3 Å². The number of nitrogens with one attached hydrogen (secondary N) is 1. The molecule has 0 aliphatic rings. The molecule has 0 aliphatic carbocycles. The smallest absolute Gasteiger partial charge is 0.138 e. The summed E-state index contributed by atoms with van der Waals surface area (Å²) in [5.74, 6) is 1.72. The van der Waals surface area contributed by atoms with Crippen LogP contribution in [0.2, 0.25) is 0 Å². The Hall–Kier alpha value is -3.44. The van der Waals surface area contributed by atoms with Gasteiger partial charge in [0.2, 0.25) is 0 Å². The van der Waals surface area contributed by atoms with Crippen molar-refractivity contribution in [3.05, 3.63) is 77.3 Å². The van der Waals surface area contributed by atoms with Gasteiger partial charge in [-0.2, -0.15) is 0 Å². The number of hydrogen-bond donors (Lipinski definition) is 1. The molecule has 136 valence electrons. The van der Waals surface area contributed by atoms with E-state index in [1.165, 1.54) is 0 Å². The fourth-order valence-electron chi connectivity index (χ4n) is 3.14. The van der Waals surface area contributed by atoms with Gasteiger partial charge in [0.25, 0.3) is 0 Å². The van der Waals surface area contributed by atoms with Crippen molar-refractivity contribution in [3.8, 4) is 17.1 Å². The molecule has 2 aromatic heterocycles. The minimum absolute atomic E-state index is 0.857. The van der Waals surface area contributed by atoms with Crippen LogP contribution in [-0.4, -0.2) is 22.1 Å². The van der Waals surface area contributed by atoms with Crippen molar-refractivity contribution in [2.75, 3.05) is 7.11 Å². The van der Waals surface area contributed by atoms with Gasteiger partial charge in [0.1, 0.15) is 16.6 Å². The van der Waals surface area contributed by atoms with Crippen LogP contribution in [0.5, 0.6) is 5.75 Å². The molecule has 3 aromatic carbocycles. The average molecular weight is 383 g/mol. The number of hydrogen-bond acceptors (Lipinski definition) is 4. The van der Waals surface area contributed by atoms with Crippen LogP contribution in [0.1, 0.15) is 10.6 Å². The topological polar surface area (TPSA) is 50.8 Å². The number of nitrogens with zero attached hydrogens (tertiary/aromatic N) is 2. The van der Waals surface area contributed by atoms with Gasteiger partial charge in [0.15, 0.2) is 0 Å². The van der Waals surface area contributed by atoms with Gasteiger partial charge in [0, 0.05) is 5.56 Å². The summed E-state index contributed by atoms with van der Waals surface area (Å²) in [4.78, 5) is 12.8. The Labute approximate surface area is 166 Å². The predicted octanol–water partition coefficient (Wildman–Crippen LogP) is 6.02. The molecular formula is C23H17N3OS. The Bertz CT molecular complexity index is 1270. The number of thiazole rings is 1. The minimum Gasteiger partial charge on any atom is -0.497 e. The summed E-state index contributed by atoms with van der Waals surface area (Å²) < 4.78 is 6.36. The molecule has 0 aliphatic heterocycles. The van der Waals surface area contributed by atoms with Crippen LogP contribution in [0.25, 0.3) is 44.8 Å². The molecule has 0 amide bonds. The second-order valence-corrected chi connectivity index (χ2v) is 7.51. The number of H-pyrrole nitrogens is 1. The first-order chi connectivity index (χ1) is 13.8. The summed E-state index contributed by atoms with van der Waals surface area (Å²) in [6, 6.07) is 22.3. The average Bonchev–Trinajstić information content (AvgIpc) is 3.35. The van der Waals surface area contributed by atoms with Crippen LogP contribution in [-0.2, 0) is 0 Å². The lowest BCUT2D eigenvalue weighted by Crippen LogP contribution is -1.81. The number of para-hydroxylation sites is 2. The largest absolute Gasteiger partial charge is 0.497 e. The number of benzene rings is 3. The predicted molar refractivity (Wildman–Crippen MR) is 117 cm³/mol. The lowest BCUT2D eigenvalue weighted by molar-refractivity contribution is 0.415. The number of methoxy groups -OCH3 is 1. The molecule has 0 fully saturated rings. The highest BCUT2D eigenvalue weighted by molar-refractivity contribution is 7.19. The fraction of sp³-hybridized carbons (Fsp3) is 0.0435. The molecule has 0 radical (unpaired) electrons. The van der Waals surface area contributed by atoms with E-state index in [2.05, 4.69) is 34.2 Å². The van der Waals surface area contributed by atoms with Gasteiger partial charge >= 0.3 is 0 Å². The molecule has 5 rings (SSSR count). The second-order valence-electron chi connectivity index (χ2n) is 6.44. The Morgan fingerprint density at radius 2 is 1.75 bits per heavy atom. The van der Waals surface area contributed by atoms with Gasteiger partial charge in [0.05, 0.1) is 28.4 Å². The van der Waals surface area contributed by atoms with Crippen LogP contribution in [0.3, 0.4) is 0 Å². The highest BCUT2D eigenvalue weighted by Gasteiger charge is 2.08. The van der Waals surface area contributed by atoms with Crippen LogP contribution in [0.4, 0.5) is 0 Å². The molecule has 0 unspecified atom stereocenters. The zero-order valence-electron chi connectivity index (χ0n) is 15.2. The van der Waals surface area contributed by atoms with Gasteiger partial charge in [-0.25, -0.2) is 9.97 Å². The van der Waals surface area contributed by atoms with E-state index in [0.29, 0.717) is 0 Å². The summed E-state index contributed by atoms with van der Waals surface area (Å²) in [7, 11) is 1.67. The normalized spacial score (nSPS) is 11.6. The zero-order valence-corrected chi connectivity index (χ0v) is 16.0. The minimum atomic E-state index is 0.857. The highest BCUT2D eigenvalue weighted by atomic mass is 32.1. The third-order valence-electron chi connectivity index (χ3n) is 4.60. The van der Waals surface area contributed by atoms with E-state index < -0.39 is 0 Å². The van der Waals surface area contributed by atoms with E-state index in [1.54, 1.807) is 18.4 Å². The van der Waals surface area contributed by atoms with Crippen LogP contribution >= 0.6 is 11.3 Å². The summed E-state index contributed by atoms with van der Waals surface area (Å²) >= 11 is 1.68. The van der Waals surface area contributed by atoms with Gasteiger partial charge in [-0.05, 0) is 54.1 Å². The van der Waals surface area contributed by atoms with Crippen molar-refractivity contribution < 1.29 is 4.74 Å². The van der Waals surface area contributed by atoms with Crippen LogP contribution in [0, 0.1) is 0 Å². The van der Waals surface area contributed by atoms with Crippen molar-refractivity contribution in [3.63, 3.8) is 0 Å². The monoisotopic (exact) mass is 383 g/mol. The maximum atomic E-state index is 5.20. The Morgan fingerprint density at radius 3 is 2.57 bits per heavy atom. The molecule has 4 nitrogen and oxygen atoms in total. The molecule has 0 spiro atoms. The first-order valence-corrected chi connectivity index (χ1v) is 9.78. The summed E-state index contributed by atoms with van der Waals surface area (Å²) in [6.07, 6.45) is 4.12. The third kappa shape index (κ3) is 3.17. The molecule has 0 saturated carbocycles. The standard InChI is InChI=1S/C23H17N3OS/c1-27-17-10-6-15(7-11-17)8-13-22-24-20-14-16(9-12-21(20)28-22)23-25-18-4-2-3-5-19(18)26-23/h2-14H,1H3,(H,25,26). The molecular weight excluding hydrogens is 366 g/mol. The fourth-order valence-corrected chi connectivity index (χ4v) is 3.99. The zero-order chi connectivity index (χ0) is 18.9. The third-order valence-corrected chi connectivity index (χ3v) is 5.60. The maximum Gasteiger partial charge on any atom is 0.138 e. The molecule has 1 N–H and O–H groups in total. The van der Waals surface area contributed by atoms with Crippen LogP contribution < -0.4 is 4.74 Å². The lowest BCUT2D eigenvalue weighted by atomic mass is 10.2. The number of imidazole rings is 1. The van der Waals surface area contributed by atoms with Crippen molar-refractivity contribution in [2.45, 2.75) is 0 Å². The van der Waals surface area contributed by atoms with E-state index in [0.717, 1.165) is 49.0 Å². The van der Waals surface area contributed by atoms with E-state index in [-0.39, 0.29) is 0 Å². The van der Waals surface area contributed by atoms with Crippen LogP contribution in [0.15, 0.2) is 66.7 Å². The summed E-state index contributed by atoms with van der Waals surface area (Å²) in [5.41, 5.74) is 5.15. The van der Waals surface area contributed by atoms with E-state index in [4.69, 9.17) is 9.72 Å². The Kier molecular flexibility index (Phi) is 4.14. The SMILES string of the molecule is COc1ccc(C=Cc2nc3cc(-c4nc5ccccc5[nH]4)ccc3s2)cc1. The molecule has 2 heterocycles. The molecule has 0 saturated heterocycles. The van der Waals surface area contributed by atoms with Gasteiger partial charge in [-0.15, -0.1) is 11.3 Å². The number of rotatable bonds is 4. The molecule has 0 atom stereocenters.